The van der Waals surface area contributed by atoms with Gasteiger partial charge in [-0.3, -0.25) is 0 Å². The summed E-state index contributed by atoms with van der Waals surface area (Å²) in [6.07, 6.45) is 4.50. The Morgan fingerprint density at radius 2 is 2.45 bits per heavy atom. The zero-order chi connectivity index (χ0) is 7.73. The average Bonchev–Trinajstić information content (AvgIpc) is 2.39. The van der Waals surface area contributed by atoms with E-state index in [1.54, 1.807) is 6.07 Å². The molecule has 0 bridgehead atoms. The molecule has 11 heavy (non-hydrogen) atoms. The monoisotopic (exact) mass is 148 g/mol. The minimum Gasteiger partial charge on any atom is -0.364 e. The van der Waals surface area contributed by atoms with E-state index in [0.29, 0.717) is 0 Å². The van der Waals surface area contributed by atoms with Gasteiger partial charge < -0.3 is 4.52 Å². The van der Waals surface area contributed by atoms with Crippen molar-refractivity contribution in [2.75, 3.05) is 0 Å². The van der Waals surface area contributed by atoms with Gasteiger partial charge in [-0.25, -0.2) is 0 Å². The lowest BCUT2D eigenvalue weighted by Gasteiger charge is -2.32. The van der Waals surface area contributed by atoms with Crippen LogP contribution in [-0.4, -0.2) is 5.16 Å². The van der Waals surface area contributed by atoms with Gasteiger partial charge in [0.25, 0.3) is 0 Å². The molecule has 0 atom stereocenters. The van der Waals surface area contributed by atoms with Crippen LogP contribution in [0.1, 0.15) is 25.0 Å². The molecule has 2 rings (SSSR count). The van der Waals surface area contributed by atoms with Crippen LogP contribution in [0.3, 0.4) is 0 Å². The van der Waals surface area contributed by atoms with Gasteiger partial charge in [0.05, 0.1) is 6.07 Å². The van der Waals surface area contributed by atoms with E-state index in [1.165, 1.54) is 6.26 Å². The highest BCUT2D eigenvalue weighted by atomic mass is 16.5. The van der Waals surface area contributed by atoms with Gasteiger partial charge in [0.15, 0.2) is 0 Å². The summed E-state index contributed by atoms with van der Waals surface area (Å²) in [5.41, 5.74) is 0.485. The van der Waals surface area contributed by atoms with Crippen LogP contribution >= 0.6 is 0 Å². The summed E-state index contributed by atoms with van der Waals surface area (Å²) in [5.74, 6) is 0. The largest absolute Gasteiger partial charge is 0.364 e. The molecule has 0 amide bonds. The molecule has 1 aliphatic carbocycles. The van der Waals surface area contributed by atoms with Crippen molar-refractivity contribution in [1.82, 2.24) is 5.16 Å². The van der Waals surface area contributed by atoms with Gasteiger partial charge in [0.1, 0.15) is 17.4 Å². The van der Waals surface area contributed by atoms with E-state index in [-0.39, 0.29) is 5.41 Å². The third-order valence-corrected chi connectivity index (χ3v) is 2.35. The predicted molar refractivity (Wildman–Crippen MR) is 37.6 cm³/mol. The first kappa shape index (κ1) is 6.41. The van der Waals surface area contributed by atoms with Gasteiger partial charge in [-0.05, 0) is 19.3 Å². The van der Waals surface area contributed by atoms with E-state index < -0.39 is 0 Å². The molecule has 1 aromatic heterocycles. The molecule has 0 spiro atoms. The molecular formula is C8H8N2O. The second kappa shape index (κ2) is 2.09. The summed E-state index contributed by atoms with van der Waals surface area (Å²) < 4.78 is 4.70. The van der Waals surface area contributed by atoms with Crippen LogP contribution in [0.5, 0.6) is 0 Å². The molecule has 0 aromatic carbocycles. The van der Waals surface area contributed by atoms with Crippen molar-refractivity contribution < 1.29 is 4.52 Å². The molecule has 0 unspecified atom stereocenters. The van der Waals surface area contributed by atoms with Crippen LogP contribution in [0.25, 0.3) is 0 Å². The molecule has 1 aliphatic rings. The van der Waals surface area contributed by atoms with Crippen molar-refractivity contribution >= 4 is 0 Å². The molecule has 1 aromatic rings. The SMILES string of the molecule is N#CC1(c2ccon2)CCC1. The molecule has 1 heterocycles. The topological polar surface area (TPSA) is 49.8 Å². The number of nitrogens with zero attached hydrogens (tertiary/aromatic N) is 2. The van der Waals surface area contributed by atoms with E-state index in [4.69, 9.17) is 9.78 Å². The van der Waals surface area contributed by atoms with E-state index >= 15 is 0 Å². The zero-order valence-electron chi connectivity index (χ0n) is 6.08. The number of hydrogen-bond donors (Lipinski definition) is 0. The van der Waals surface area contributed by atoms with Gasteiger partial charge in [-0.1, -0.05) is 5.16 Å². The van der Waals surface area contributed by atoms with E-state index in [0.717, 1.165) is 25.0 Å². The quantitative estimate of drug-likeness (QED) is 0.608. The molecule has 3 heteroatoms. The number of aromatic nitrogens is 1. The lowest BCUT2D eigenvalue weighted by molar-refractivity contribution is 0.295. The van der Waals surface area contributed by atoms with Crippen LogP contribution in [-0.2, 0) is 5.41 Å². The van der Waals surface area contributed by atoms with Crippen molar-refractivity contribution in [3.63, 3.8) is 0 Å². The predicted octanol–water partition coefficient (Wildman–Crippen LogP) is 1.62. The Morgan fingerprint density at radius 1 is 1.64 bits per heavy atom. The van der Waals surface area contributed by atoms with Crippen LogP contribution in [0, 0.1) is 11.3 Å². The van der Waals surface area contributed by atoms with E-state index in [2.05, 4.69) is 11.2 Å². The Kier molecular flexibility index (Phi) is 1.22. The van der Waals surface area contributed by atoms with Crippen molar-refractivity contribution in [2.45, 2.75) is 24.7 Å². The fraction of sp³-hybridized carbons (Fsp3) is 0.500. The summed E-state index contributed by atoms with van der Waals surface area (Å²) in [6, 6.07) is 4.07. The second-order valence-electron chi connectivity index (χ2n) is 2.93. The molecule has 0 radical (unpaired) electrons. The highest BCUT2D eigenvalue weighted by molar-refractivity contribution is 5.27. The van der Waals surface area contributed by atoms with Gasteiger partial charge in [-0.2, -0.15) is 5.26 Å². The van der Waals surface area contributed by atoms with Gasteiger partial charge in [0.2, 0.25) is 0 Å². The lowest BCUT2D eigenvalue weighted by Crippen LogP contribution is -2.32. The minimum atomic E-state index is -0.312. The Bertz CT molecular complexity index is 280. The number of hydrogen-bond acceptors (Lipinski definition) is 3. The van der Waals surface area contributed by atoms with Crippen molar-refractivity contribution in [3.05, 3.63) is 18.0 Å². The van der Waals surface area contributed by atoms with Crippen molar-refractivity contribution in [1.29, 1.82) is 5.26 Å². The number of nitriles is 1. The Labute approximate surface area is 64.6 Å². The average molecular weight is 148 g/mol. The standard InChI is InChI=1S/C8H8N2O/c9-6-8(3-1-4-8)7-2-5-11-10-7/h2,5H,1,3-4H2. The molecule has 0 aliphatic heterocycles. The zero-order valence-corrected chi connectivity index (χ0v) is 6.08. The van der Waals surface area contributed by atoms with E-state index in [9.17, 15) is 0 Å². The van der Waals surface area contributed by atoms with Crippen LogP contribution in [0.15, 0.2) is 16.9 Å². The van der Waals surface area contributed by atoms with E-state index in [1.807, 2.05) is 0 Å². The molecule has 0 N–H and O–H groups in total. The van der Waals surface area contributed by atoms with Crippen LogP contribution < -0.4 is 0 Å². The van der Waals surface area contributed by atoms with Crippen LogP contribution in [0.2, 0.25) is 0 Å². The van der Waals surface area contributed by atoms with Gasteiger partial charge in [-0.15, -0.1) is 0 Å². The van der Waals surface area contributed by atoms with Gasteiger partial charge in [0, 0.05) is 6.07 Å². The van der Waals surface area contributed by atoms with Crippen LogP contribution in [0.4, 0.5) is 0 Å². The minimum absolute atomic E-state index is 0.312. The Morgan fingerprint density at radius 3 is 2.82 bits per heavy atom. The van der Waals surface area contributed by atoms with Crippen molar-refractivity contribution in [3.8, 4) is 6.07 Å². The maximum absolute atomic E-state index is 8.88. The third kappa shape index (κ3) is 0.758. The lowest BCUT2D eigenvalue weighted by atomic mass is 9.68. The first-order valence-electron chi connectivity index (χ1n) is 3.69. The molecule has 1 saturated carbocycles. The van der Waals surface area contributed by atoms with Crippen molar-refractivity contribution in [2.24, 2.45) is 0 Å². The Hall–Kier alpha value is -1.30. The molecule has 56 valence electrons. The molecular weight excluding hydrogens is 140 g/mol. The summed E-state index contributed by atoms with van der Waals surface area (Å²) in [5, 5.41) is 12.7. The maximum Gasteiger partial charge on any atom is 0.124 e. The highest BCUT2D eigenvalue weighted by Crippen LogP contribution is 2.42. The summed E-state index contributed by atoms with van der Waals surface area (Å²) >= 11 is 0. The fourth-order valence-corrected chi connectivity index (χ4v) is 1.41. The number of rotatable bonds is 1. The molecule has 1 fully saturated rings. The summed E-state index contributed by atoms with van der Waals surface area (Å²) in [6.45, 7) is 0. The third-order valence-electron chi connectivity index (χ3n) is 2.35. The smallest absolute Gasteiger partial charge is 0.124 e. The first-order valence-corrected chi connectivity index (χ1v) is 3.69. The van der Waals surface area contributed by atoms with Gasteiger partial charge >= 0.3 is 0 Å². The normalized spacial score (nSPS) is 20.3. The highest BCUT2D eigenvalue weighted by Gasteiger charge is 2.41. The summed E-state index contributed by atoms with van der Waals surface area (Å²) in [7, 11) is 0. The first-order chi connectivity index (χ1) is 5.37. The summed E-state index contributed by atoms with van der Waals surface area (Å²) in [4.78, 5) is 0. The molecule has 3 nitrogen and oxygen atoms in total. The Balaban J connectivity index is 2.34. The fourth-order valence-electron chi connectivity index (χ4n) is 1.41. The molecule has 0 saturated heterocycles. The second-order valence-corrected chi connectivity index (χ2v) is 2.93. The maximum atomic E-state index is 8.88.